The van der Waals surface area contributed by atoms with E-state index in [-0.39, 0.29) is 0 Å². The molecule has 4 rings (SSSR count). The number of aromatic nitrogens is 2. The topological polar surface area (TPSA) is 41.1 Å². The molecule has 3 heterocycles. The molecule has 3 aromatic heterocycles. The third-order valence-corrected chi connectivity index (χ3v) is 4.52. The lowest BCUT2D eigenvalue weighted by molar-refractivity contribution is 1.20. The maximum atomic E-state index is 9.09. The van der Waals surface area contributed by atoms with E-state index < -0.39 is 0 Å². The van der Waals surface area contributed by atoms with Crippen molar-refractivity contribution in [3.8, 4) is 27.9 Å². The first-order chi connectivity index (χ1) is 10.9. The van der Waals surface area contributed by atoms with Gasteiger partial charge in [0.2, 0.25) is 0 Å². The van der Waals surface area contributed by atoms with Crippen molar-refractivity contribution in [2.45, 2.75) is 0 Å². The van der Waals surface area contributed by atoms with E-state index in [4.69, 9.17) is 10.2 Å². The van der Waals surface area contributed by atoms with Gasteiger partial charge in [0.05, 0.1) is 16.3 Å². The molecule has 0 aliphatic rings. The van der Waals surface area contributed by atoms with Crippen molar-refractivity contribution in [3.63, 3.8) is 0 Å². The molecule has 0 aliphatic heterocycles. The predicted molar refractivity (Wildman–Crippen MR) is 88.7 cm³/mol. The average molecular weight is 301 g/mol. The first-order valence-electron chi connectivity index (χ1n) is 6.89. The van der Waals surface area contributed by atoms with E-state index in [2.05, 4.69) is 22.6 Å². The van der Waals surface area contributed by atoms with E-state index in [0.717, 1.165) is 27.5 Å². The summed E-state index contributed by atoms with van der Waals surface area (Å²) in [6.45, 7) is 0. The number of imidazole rings is 1. The highest BCUT2D eigenvalue weighted by molar-refractivity contribution is 7.16. The summed E-state index contributed by atoms with van der Waals surface area (Å²) in [5.41, 5.74) is 3.96. The molecule has 0 spiro atoms. The van der Waals surface area contributed by atoms with E-state index in [9.17, 15) is 0 Å². The Morgan fingerprint density at radius 1 is 0.955 bits per heavy atom. The van der Waals surface area contributed by atoms with Crippen LogP contribution in [0.4, 0.5) is 0 Å². The second-order valence-corrected chi connectivity index (χ2v) is 5.96. The third kappa shape index (κ3) is 2.00. The monoisotopic (exact) mass is 301 g/mol. The maximum absolute atomic E-state index is 9.09. The lowest BCUT2D eigenvalue weighted by atomic mass is 10.1. The molecule has 22 heavy (non-hydrogen) atoms. The number of rotatable bonds is 2. The molecule has 4 aromatic rings. The average Bonchev–Trinajstić information content (AvgIpc) is 3.19. The number of hydrogen-bond acceptors (Lipinski definition) is 3. The predicted octanol–water partition coefficient (Wildman–Crippen LogP) is 4.60. The summed E-state index contributed by atoms with van der Waals surface area (Å²) in [6, 6.07) is 22.2. The fourth-order valence-electron chi connectivity index (χ4n) is 2.55. The van der Waals surface area contributed by atoms with E-state index in [1.54, 1.807) is 0 Å². The van der Waals surface area contributed by atoms with Crippen molar-refractivity contribution in [1.82, 2.24) is 9.38 Å². The van der Waals surface area contributed by atoms with Crippen molar-refractivity contribution in [3.05, 3.63) is 71.7 Å². The zero-order valence-corrected chi connectivity index (χ0v) is 12.4. The summed E-state index contributed by atoms with van der Waals surface area (Å²) >= 11 is 1.49. The van der Waals surface area contributed by atoms with Crippen molar-refractivity contribution in [2.24, 2.45) is 0 Å². The quantitative estimate of drug-likeness (QED) is 0.543. The summed E-state index contributed by atoms with van der Waals surface area (Å²) in [5.74, 6) is 0. The van der Waals surface area contributed by atoms with Crippen LogP contribution in [0, 0.1) is 11.3 Å². The molecule has 0 bridgehead atoms. The van der Waals surface area contributed by atoms with Gasteiger partial charge in [-0.15, -0.1) is 11.3 Å². The Kier molecular flexibility index (Phi) is 2.99. The Labute approximate surface area is 131 Å². The van der Waals surface area contributed by atoms with Crippen LogP contribution in [-0.2, 0) is 0 Å². The van der Waals surface area contributed by atoms with Crippen LogP contribution in [0.25, 0.3) is 27.5 Å². The maximum Gasteiger partial charge on any atom is 0.137 e. The highest BCUT2D eigenvalue weighted by Crippen LogP contribution is 2.36. The van der Waals surface area contributed by atoms with Crippen LogP contribution in [0.15, 0.2) is 66.9 Å². The number of thiophene rings is 1. The van der Waals surface area contributed by atoms with Crippen molar-refractivity contribution in [2.75, 3.05) is 0 Å². The SMILES string of the molecule is N#Cc1ccc(-c2c(-c3ccccc3)nc3ccccn23)s1. The minimum atomic E-state index is 0.708. The number of pyridine rings is 1. The van der Waals surface area contributed by atoms with Crippen molar-refractivity contribution >= 4 is 17.0 Å². The van der Waals surface area contributed by atoms with Gasteiger partial charge in [0.15, 0.2) is 0 Å². The molecule has 104 valence electrons. The highest BCUT2D eigenvalue weighted by atomic mass is 32.1. The minimum Gasteiger partial charge on any atom is -0.298 e. The van der Waals surface area contributed by atoms with Crippen LogP contribution in [0.3, 0.4) is 0 Å². The van der Waals surface area contributed by atoms with Gasteiger partial charge in [0, 0.05) is 11.8 Å². The van der Waals surface area contributed by atoms with Crippen molar-refractivity contribution < 1.29 is 0 Å². The largest absolute Gasteiger partial charge is 0.298 e. The van der Waals surface area contributed by atoms with Gasteiger partial charge in [0.1, 0.15) is 16.6 Å². The first kappa shape index (κ1) is 12.8. The zero-order valence-electron chi connectivity index (χ0n) is 11.6. The van der Waals surface area contributed by atoms with Gasteiger partial charge < -0.3 is 0 Å². The number of hydrogen-bond donors (Lipinski definition) is 0. The van der Waals surface area contributed by atoms with E-state index >= 15 is 0 Å². The van der Waals surface area contributed by atoms with E-state index in [1.807, 2.05) is 54.7 Å². The van der Waals surface area contributed by atoms with Gasteiger partial charge in [-0.1, -0.05) is 36.4 Å². The summed E-state index contributed by atoms with van der Waals surface area (Å²) < 4.78 is 2.08. The molecule has 0 saturated carbocycles. The van der Waals surface area contributed by atoms with Gasteiger partial charge in [0.25, 0.3) is 0 Å². The van der Waals surface area contributed by atoms with Crippen LogP contribution in [0.2, 0.25) is 0 Å². The molecule has 0 N–H and O–H groups in total. The second kappa shape index (κ2) is 5.14. The summed E-state index contributed by atoms with van der Waals surface area (Å²) in [4.78, 5) is 6.54. The Hall–Kier alpha value is -2.90. The normalized spacial score (nSPS) is 10.7. The van der Waals surface area contributed by atoms with Crippen LogP contribution in [-0.4, -0.2) is 9.38 Å². The number of nitriles is 1. The zero-order chi connectivity index (χ0) is 14.9. The van der Waals surface area contributed by atoms with E-state index in [0.29, 0.717) is 4.88 Å². The molecular weight excluding hydrogens is 290 g/mol. The summed E-state index contributed by atoms with van der Waals surface area (Å²) in [7, 11) is 0. The Balaban J connectivity index is 2.04. The minimum absolute atomic E-state index is 0.708. The number of nitrogens with zero attached hydrogens (tertiary/aromatic N) is 3. The van der Waals surface area contributed by atoms with Gasteiger partial charge in [-0.25, -0.2) is 4.98 Å². The number of fused-ring (bicyclic) bond motifs is 1. The third-order valence-electron chi connectivity index (χ3n) is 3.53. The van der Waals surface area contributed by atoms with Crippen LogP contribution < -0.4 is 0 Å². The molecule has 0 amide bonds. The fraction of sp³-hybridized carbons (Fsp3) is 0. The fourth-order valence-corrected chi connectivity index (χ4v) is 3.40. The van der Waals surface area contributed by atoms with Crippen LogP contribution >= 0.6 is 11.3 Å². The van der Waals surface area contributed by atoms with Gasteiger partial charge in [-0.2, -0.15) is 5.26 Å². The molecular formula is C18H11N3S. The van der Waals surface area contributed by atoms with Gasteiger partial charge in [-0.05, 0) is 24.3 Å². The molecule has 0 saturated heterocycles. The van der Waals surface area contributed by atoms with Crippen LogP contribution in [0.5, 0.6) is 0 Å². The van der Waals surface area contributed by atoms with Crippen LogP contribution in [0.1, 0.15) is 4.88 Å². The second-order valence-electron chi connectivity index (χ2n) is 4.88. The lowest BCUT2D eigenvalue weighted by Gasteiger charge is -2.02. The highest BCUT2D eigenvalue weighted by Gasteiger charge is 2.17. The van der Waals surface area contributed by atoms with E-state index in [1.165, 1.54) is 11.3 Å². The molecule has 0 radical (unpaired) electrons. The molecule has 0 aliphatic carbocycles. The van der Waals surface area contributed by atoms with Gasteiger partial charge in [-0.3, -0.25) is 4.40 Å². The Bertz CT molecular complexity index is 990. The molecule has 0 unspecified atom stereocenters. The smallest absolute Gasteiger partial charge is 0.137 e. The Morgan fingerprint density at radius 2 is 1.77 bits per heavy atom. The Morgan fingerprint density at radius 3 is 2.55 bits per heavy atom. The molecule has 0 atom stereocenters. The molecule has 3 nitrogen and oxygen atoms in total. The lowest BCUT2D eigenvalue weighted by Crippen LogP contribution is -1.86. The standard InChI is InChI=1S/C18H11N3S/c19-12-14-9-10-15(22-14)18-17(13-6-2-1-3-7-13)20-16-8-4-5-11-21(16)18/h1-11H. The van der Waals surface area contributed by atoms with Gasteiger partial charge >= 0.3 is 0 Å². The van der Waals surface area contributed by atoms with Crippen molar-refractivity contribution in [1.29, 1.82) is 5.26 Å². The molecule has 0 fully saturated rings. The summed E-state index contributed by atoms with van der Waals surface area (Å²) in [6.07, 6.45) is 2.01. The molecule has 1 aromatic carbocycles. The molecule has 4 heteroatoms. The number of benzene rings is 1. The summed E-state index contributed by atoms with van der Waals surface area (Å²) in [5, 5.41) is 9.09. The first-order valence-corrected chi connectivity index (χ1v) is 7.71.